The Morgan fingerprint density at radius 2 is 1.89 bits per heavy atom. The van der Waals surface area contributed by atoms with Crippen LogP contribution in [0.25, 0.3) is 11.0 Å². The van der Waals surface area contributed by atoms with Crippen LogP contribution in [-0.2, 0) is 0 Å². The van der Waals surface area contributed by atoms with E-state index in [1.165, 1.54) is 0 Å². The predicted molar refractivity (Wildman–Crippen MR) is 103 cm³/mol. The van der Waals surface area contributed by atoms with Crippen LogP contribution in [0.15, 0.2) is 42.9 Å². The second-order valence-corrected chi connectivity index (χ2v) is 6.72. The van der Waals surface area contributed by atoms with Crippen LogP contribution in [0.3, 0.4) is 0 Å². The van der Waals surface area contributed by atoms with Gasteiger partial charge in [-0.1, -0.05) is 0 Å². The van der Waals surface area contributed by atoms with Crippen LogP contribution in [0.1, 0.15) is 31.2 Å². The van der Waals surface area contributed by atoms with Crippen molar-refractivity contribution in [1.82, 2.24) is 15.0 Å². The molecule has 0 bridgehead atoms. The SMILES string of the molecule is N#Cc1ccc(NC2CCC(Oc3cc(N)cc4nccnc34)CC2)nc1. The molecule has 27 heavy (non-hydrogen) atoms. The summed E-state index contributed by atoms with van der Waals surface area (Å²) in [6, 6.07) is 9.68. The second-order valence-electron chi connectivity index (χ2n) is 6.72. The number of nitrogens with two attached hydrogens (primary N) is 1. The number of fused-ring (bicyclic) bond motifs is 1. The summed E-state index contributed by atoms with van der Waals surface area (Å²) in [6.07, 6.45) is 8.87. The zero-order valence-corrected chi connectivity index (χ0v) is 14.8. The highest BCUT2D eigenvalue weighted by atomic mass is 16.5. The fraction of sp³-hybridized carbons (Fsp3) is 0.300. The van der Waals surface area contributed by atoms with Gasteiger partial charge in [-0.05, 0) is 43.9 Å². The third kappa shape index (κ3) is 3.90. The molecule has 1 aliphatic carbocycles. The molecule has 7 nitrogen and oxygen atoms in total. The topological polar surface area (TPSA) is 110 Å². The van der Waals surface area contributed by atoms with Crippen LogP contribution in [0, 0.1) is 11.3 Å². The van der Waals surface area contributed by atoms with Crippen molar-refractivity contribution >= 4 is 22.5 Å². The summed E-state index contributed by atoms with van der Waals surface area (Å²) >= 11 is 0. The molecule has 4 rings (SSSR count). The van der Waals surface area contributed by atoms with Gasteiger partial charge in [0.1, 0.15) is 23.2 Å². The Bertz CT molecular complexity index is 974. The highest BCUT2D eigenvalue weighted by molar-refractivity contribution is 5.84. The molecule has 0 aliphatic heterocycles. The van der Waals surface area contributed by atoms with Crippen molar-refractivity contribution in [3.8, 4) is 11.8 Å². The normalized spacial score (nSPS) is 19.4. The number of nitrogens with one attached hydrogen (secondary N) is 1. The Labute approximate surface area is 157 Å². The smallest absolute Gasteiger partial charge is 0.149 e. The molecular weight excluding hydrogens is 340 g/mol. The molecular formula is C20H20N6O. The van der Waals surface area contributed by atoms with E-state index in [-0.39, 0.29) is 6.10 Å². The average Bonchev–Trinajstić information content (AvgIpc) is 2.70. The maximum atomic E-state index is 8.84. The Morgan fingerprint density at radius 3 is 2.63 bits per heavy atom. The highest BCUT2D eigenvalue weighted by Gasteiger charge is 2.23. The van der Waals surface area contributed by atoms with Crippen LogP contribution in [0.4, 0.5) is 11.5 Å². The lowest BCUT2D eigenvalue weighted by atomic mass is 9.93. The van der Waals surface area contributed by atoms with E-state index in [4.69, 9.17) is 15.7 Å². The summed E-state index contributed by atoms with van der Waals surface area (Å²) in [5.41, 5.74) is 8.65. The molecule has 1 saturated carbocycles. The Morgan fingerprint density at radius 1 is 1.07 bits per heavy atom. The van der Waals surface area contributed by atoms with Crippen LogP contribution in [0.5, 0.6) is 5.75 Å². The summed E-state index contributed by atoms with van der Waals surface area (Å²) < 4.78 is 6.22. The van der Waals surface area contributed by atoms with Gasteiger partial charge in [-0.2, -0.15) is 5.26 Å². The van der Waals surface area contributed by atoms with Crippen molar-refractivity contribution in [2.75, 3.05) is 11.1 Å². The quantitative estimate of drug-likeness (QED) is 0.687. The Hall–Kier alpha value is -3.40. The molecule has 1 aliphatic rings. The number of hydrogen-bond donors (Lipinski definition) is 2. The van der Waals surface area contributed by atoms with Gasteiger partial charge in [-0.25, -0.2) is 9.97 Å². The lowest BCUT2D eigenvalue weighted by Crippen LogP contribution is -2.31. The predicted octanol–water partition coefficient (Wildman–Crippen LogP) is 3.28. The molecule has 0 atom stereocenters. The first kappa shape index (κ1) is 17.0. The molecule has 0 spiro atoms. The Balaban J connectivity index is 1.38. The summed E-state index contributed by atoms with van der Waals surface area (Å²) in [5.74, 6) is 1.50. The van der Waals surface area contributed by atoms with Gasteiger partial charge >= 0.3 is 0 Å². The summed E-state index contributed by atoms with van der Waals surface area (Å²) in [7, 11) is 0. The first-order valence-corrected chi connectivity index (χ1v) is 9.01. The molecule has 3 N–H and O–H groups in total. The first-order chi connectivity index (χ1) is 13.2. The van der Waals surface area contributed by atoms with E-state index in [0.29, 0.717) is 23.0 Å². The van der Waals surface area contributed by atoms with E-state index < -0.39 is 0 Å². The van der Waals surface area contributed by atoms with Gasteiger partial charge in [-0.3, -0.25) is 4.98 Å². The molecule has 0 amide bonds. The van der Waals surface area contributed by atoms with Gasteiger partial charge in [0.2, 0.25) is 0 Å². The minimum Gasteiger partial charge on any atom is -0.488 e. The van der Waals surface area contributed by atoms with Crippen molar-refractivity contribution in [3.05, 3.63) is 48.4 Å². The average molecular weight is 360 g/mol. The number of rotatable bonds is 4. The number of nitrogens with zero attached hydrogens (tertiary/aromatic N) is 4. The standard InChI is InChI=1S/C20H20N6O/c21-11-13-1-6-19(25-12-13)26-15-2-4-16(5-3-15)27-18-10-14(22)9-17-20(18)24-8-7-23-17/h1,6-10,12,15-16H,2-5,22H2,(H,25,26). The molecule has 2 heterocycles. The summed E-state index contributed by atoms with van der Waals surface area (Å²) in [6.45, 7) is 0. The van der Waals surface area contributed by atoms with E-state index >= 15 is 0 Å². The third-order valence-corrected chi connectivity index (χ3v) is 4.77. The van der Waals surface area contributed by atoms with E-state index in [9.17, 15) is 0 Å². The monoisotopic (exact) mass is 360 g/mol. The second kappa shape index (κ2) is 7.46. The van der Waals surface area contributed by atoms with E-state index in [1.807, 2.05) is 12.1 Å². The number of benzene rings is 1. The number of pyridine rings is 1. The molecule has 2 aromatic heterocycles. The van der Waals surface area contributed by atoms with Crippen molar-refractivity contribution in [3.63, 3.8) is 0 Å². The van der Waals surface area contributed by atoms with Crippen molar-refractivity contribution < 1.29 is 4.74 Å². The molecule has 136 valence electrons. The minimum atomic E-state index is 0.129. The number of nitrogen functional groups attached to an aromatic ring is 1. The third-order valence-electron chi connectivity index (χ3n) is 4.77. The molecule has 0 saturated heterocycles. The number of anilines is 2. The summed E-state index contributed by atoms with van der Waals surface area (Å²) in [5, 5.41) is 12.3. The maximum absolute atomic E-state index is 8.84. The van der Waals surface area contributed by atoms with E-state index in [0.717, 1.165) is 42.5 Å². The van der Waals surface area contributed by atoms with Gasteiger partial charge in [0.05, 0.1) is 17.2 Å². The van der Waals surface area contributed by atoms with Crippen molar-refractivity contribution in [2.45, 2.75) is 37.8 Å². The maximum Gasteiger partial charge on any atom is 0.149 e. The first-order valence-electron chi connectivity index (χ1n) is 9.01. The number of aromatic nitrogens is 3. The zero-order valence-electron chi connectivity index (χ0n) is 14.8. The fourth-order valence-corrected chi connectivity index (χ4v) is 3.41. The number of ether oxygens (including phenoxy) is 1. The zero-order chi connectivity index (χ0) is 18.6. The van der Waals surface area contributed by atoms with Crippen LogP contribution >= 0.6 is 0 Å². The molecule has 0 unspecified atom stereocenters. The van der Waals surface area contributed by atoms with Gasteiger partial charge in [0.25, 0.3) is 0 Å². The minimum absolute atomic E-state index is 0.129. The highest BCUT2D eigenvalue weighted by Crippen LogP contribution is 2.30. The molecule has 1 fully saturated rings. The lowest BCUT2D eigenvalue weighted by Gasteiger charge is -2.30. The van der Waals surface area contributed by atoms with Gasteiger partial charge in [0, 0.05) is 36.4 Å². The van der Waals surface area contributed by atoms with Crippen LogP contribution in [-0.4, -0.2) is 27.1 Å². The van der Waals surface area contributed by atoms with Gasteiger partial charge < -0.3 is 15.8 Å². The molecule has 7 heteroatoms. The van der Waals surface area contributed by atoms with Crippen molar-refractivity contribution in [2.24, 2.45) is 0 Å². The number of hydrogen-bond acceptors (Lipinski definition) is 7. The van der Waals surface area contributed by atoms with E-state index in [2.05, 4.69) is 26.3 Å². The largest absolute Gasteiger partial charge is 0.488 e. The van der Waals surface area contributed by atoms with Gasteiger partial charge in [-0.15, -0.1) is 0 Å². The molecule has 0 radical (unpaired) electrons. The van der Waals surface area contributed by atoms with Crippen LogP contribution < -0.4 is 15.8 Å². The van der Waals surface area contributed by atoms with Gasteiger partial charge in [0.15, 0.2) is 0 Å². The number of nitriles is 1. The fourth-order valence-electron chi connectivity index (χ4n) is 3.41. The lowest BCUT2D eigenvalue weighted by molar-refractivity contribution is 0.152. The Kier molecular flexibility index (Phi) is 4.71. The molecule has 1 aromatic carbocycles. The van der Waals surface area contributed by atoms with Crippen LogP contribution in [0.2, 0.25) is 0 Å². The molecule has 3 aromatic rings. The van der Waals surface area contributed by atoms with E-state index in [1.54, 1.807) is 30.7 Å². The van der Waals surface area contributed by atoms with Crippen molar-refractivity contribution in [1.29, 1.82) is 5.26 Å². The summed E-state index contributed by atoms with van der Waals surface area (Å²) in [4.78, 5) is 13.0.